The van der Waals surface area contributed by atoms with E-state index in [9.17, 15) is 9.59 Å². The van der Waals surface area contributed by atoms with Crippen molar-refractivity contribution >= 4 is 11.8 Å². The molecule has 1 aromatic carbocycles. The lowest BCUT2D eigenvalue weighted by Crippen LogP contribution is -2.45. The molecule has 104 valence electrons. The van der Waals surface area contributed by atoms with Crippen LogP contribution in [0.5, 0.6) is 0 Å². The summed E-state index contributed by atoms with van der Waals surface area (Å²) in [6, 6.07) is 7.75. The second-order valence-corrected chi connectivity index (χ2v) is 4.74. The van der Waals surface area contributed by atoms with E-state index in [1.54, 1.807) is 24.3 Å². The molecular formula is C14H16N4O2. The highest BCUT2D eigenvalue weighted by Gasteiger charge is 2.38. The Morgan fingerprint density at radius 2 is 2.15 bits per heavy atom. The van der Waals surface area contributed by atoms with Gasteiger partial charge >= 0.3 is 0 Å². The predicted molar refractivity (Wildman–Crippen MR) is 72.6 cm³/mol. The van der Waals surface area contributed by atoms with Crippen LogP contribution in [0.1, 0.15) is 22.3 Å². The van der Waals surface area contributed by atoms with E-state index in [1.807, 2.05) is 6.07 Å². The van der Waals surface area contributed by atoms with Crippen LogP contribution in [0.3, 0.4) is 0 Å². The van der Waals surface area contributed by atoms with Gasteiger partial charge < -0.3 is 16.0 Å². The Hall–Kier alpha value is -2.39. The monoisotopic (exact) mass is 272 g/mol. The molecule has 2 atom stereocenters. The second kappa shape index (κ2) is 5.72. The first-order valence-electron chi connectivity index (χ1n) is 6.35. The average molecular weight is 272 g/mol. The average Bonchev–Trinajstić information content (AvgIpc) is 2.87. The van der Waals surface area contributed by atoms with Crippen molar-refractivity contribution in [2.24, 2.45) is 5.73 Å². The van der Waals surface area contributed by atoms with Crippen molar-refractivity contribution in [2.45, 2.75) is 18.5 Å². The highest BCUT2D eigenvalue weighted by Crippen LogP contribution is 2.21. The molecule has 0 spiro atoms. The number of benzene rings is 1. The van der Waals surface area contributed by atoms with Crippen molar-refractivity contribution < 1.29 is 9.59 Å². The van der Waals surface area contributed by atoms with E-state index in [1.165, 1.54) is 11.9 Å². The molecule has 0 radical (unpaired) electrons. The molecule has 2 amide bonds. The lowest BCUT2D eigenvalue weighted by Gasteiger charge is -2.23. The van der Waals surface area contributed by atoms with E-state index in [0.717, 1.165) is 0 Å². The molecule has 6 heteroatoms. The third-order valence-electron chi connectivity index (χ3n) is 3.42. The molecule has 0 unspecified atom stereocenters. The standard InChI is InChI=1S/C14H16N4O2/c1-17-13(19)12-6-10(16)8-18(12)14(20)11-5-3-2-4-9(11)7-15/h2-5,10,12H,6,8,16H2,1H3,(H,17,19)/t10-,12+/m1/s1. The van der Waals surface area contributed by atoms with Crippen molar-refractivity contribution in [3.8, 4) is 6.07 Å². The largest absolute Gasteiger partial charge is 0.357 e. The van der Waals surface area contributed by atoms with E-state index in [0.29, 0.717) is 24.1 Å². The van der Waals surface area contributed by atoms with Gasteiger partial charge in [0.05, 0.1) is 17.2 Å². The number of amides is 2. The van der Waals surface area contributed by atoms with Crippen LogP contribution in [0.2, 0.25) is 0 Å². The van der Waals surface area contributed by atoms with E-state index < -0.39 is 6.04 Å². The maximum Gasteiger partial charge on any atom is 0.255 e. The topological polar surface area (TPSA) is 99.2 Å². The number of hydrogen-bond acceptors (Lipinski definition) is 4. The third-order valence-corrected chi connectivity index (χ3v) is 3.42. The Morgan fingerprint density at radius 1 is 1.45 bits per heavy atom. The minimum atomic E-state index is -0.575. The molecule has 1 aliphatic heterocycles. The summed E-state index contributed by atoms with van der Waals surface area (Å²) in [5, 5.41) is 11.6. The van der Waals surface area contributed by atoms with Crippen LogP contribution in [-0.4, -0.2) is 42.4 Å². The normalized spacial score (nSPS) is 21.4. The van der Waals surface area contributed by atoms with Crippen molar-refractivity contribution in [1.82, 2.24) is 10.2 Å². The van der Waals surface area contributed by atoms with Crippen LogP contribution in [0.4, 0.5) is 0 Å². The summed E-state index contributed by atoms with van der Waals surface area (Å²) in [6.45, 7) is 0.316. The van der Waals surface area contributed by atoms with Crippen molar-refractivity contribution in [1.29, 1.82) is 5.26 Å². The molecule has 0 aliphatic carbocycles. The molecular weight excluding hydrogens is 256 g/mol. The van der Waals surface area contributed by atoms with Gasteiger partial charge in [-0.2, -0.15) is 5.26 Å². The fourth-order valence-electron chi connectivity index (χ4n) is 2.43. The van der Waals surface area contributed by atoms with Crippen LogP contribution in [-0.2, 0) is 4.79 Å². The Morgan fingerprint density at radius 3 is 2.80 bits per heavy atom. The van der Waals surface area contributed by atoms with Crippen LogP contribution < -0.4 is 11.1 Å². The van der Waals surface area contributed by atoms with Crippen molar-refractivity contribution in [3.05, 3.63) is 35.4 Å². The first kappa shape index (κ1) is 14.0. The lowest BCUT2D eigenvalue weighted by atomic mass is 10.1. The minimum absolute atomic E-state index is 0.226. The summed E-state index contributed by atoms with van der Waals surface area (Å²) in [7, 11) is 1.53. The number of nitrogens with zero attached hydrogens (tertiary/aromatic N) is 2. The number of carbonyl (C=O) groups is 2. The summed E-state index contributed by atoms with van der Waals surface area (Å²) in [5.74, 6) is -0.565. The number of likely N-dealkylation sites (N-methyl/N-ethyl adjacent to an activating group) is 1. The Balaban J connectivity index is 2.32. The Labute approximate surface area is 117 Å². The van der Waals surface area contributed by atoms with Gasteiger partial charge in [0.2, 0.25) is 5.91 Å². The molecule has 3 N–H and O–H groups in total. The number of carbonyl (C=O) groups excluding carboxylic acids is 2. The summed E-state index contributed by atoms with van der Waals surface area (Å²) < 4.78 is 0. The van der Waals surface area contributed by atoms with Gasteiger partial charge in [0.15, 0.2) is 0 Å². The summed E-state index contributed by atoms with van der Waals surface area (Å²) in [4.78, 5) is 25.8. The van der Waals surface area contributed by atoms with Gasteiger partial charge in [-0.05, 0) is 18.6 Å². The highest BCUT2D eigenvalue weighted by atomic mass is 16.2. The van der Waals surface area contributed by atoms with Gasteiger partial charge in [0.1, 0.15) is 6.04 Å². The summed E-state index contributed by atoms with van der Waals surface area (Å²) >= 11 is 0. The molecule has 1 saturated heterocycles. The fourth-order valence-corrected chi connectivity index (χ4v) is 2.43. The number of nitrogens with one attached hydrogen (secondary N) is 1. The first-order chi connectivity index (χ1) is 9.58. The van der Waals surface area contributed by atoms with E-state index in [2.05, 4.69) is 5.32 Å². The van der Waals surface area contributed by atoms with Gasteiger partial charge in [-0.3, -0.25) is 9.59 Å². The van der Waals surface area contributed by atoms with Gasteiger partial charge in [0.25, 0.3) is 5.91 Å². The molecule has 20 heavy (non-hydrogen) atoms. The van der Waals surface area contributed by atoms with E-state index >= 15 is 0 Å². The van der Waals surface area contributed by atoms with Gasteiger partial charge in [-0.25, -0.2) is 0 Å². The highest BCUT2D eigenvalue weighted by molar-refractivity contribution is 5.99. The van der Waals surface area contributed by atoms with Gasteiger partial charge in [0, 0.05) is 19.6 Å². The zero-order valence-electron chi connectivity index (χ0n) is 11.2. The summed E-state index contributed by atoms with van der Waals surface area (Å²) in [5.41, 5.74) is 6.46. The minimum Gasteiger partial charge on any atom is -0.357 e. The molecule has 1 aliphatic rings. The van der Waals surface area contributed by atoms with Gasteiger partial charge in [-0.15, -0.1) is 0 Å². The quantitative estimate of drug-likeness (QED) is 0.781. The van der Waals surface area contributed by atoms with Crippen LogP contribution in [0, 0.1) is 11.3 Å². The maximum atomic E-state index is 12.5. The van der Waals surface area contributed by atoms with Crippen LogP contribution in [0.15, 0.2) is 24.3 Å². The van der Waals surface area contributed by atoms with Gasteiger partial charge in [-0.1, -0.05) is 12.1 Å². The second-order valence-electron chi connectivity index (χ2n) is 4.74. The first-order valence-corrected chi connectivity index (χ1v) is 6.35. The number of hydrogen-bond donors (Lipinski definition) is 2. The predicted octanol–water partition coefficient (Wildman–Crippen LogP) is -0.154. The molecule has 1 fully saturated rings. The summed E-state index contributed by atoms with van der Waals surface area (Å²) in [6.07, 6.45) is 0.431. The SMILES string of the molecule is CNC(=O)[C@@H]1C[C@@H](N)CN1C(=O)c1ccccc1C#N. The lowest BCUT2D eigenvalue weighted by molar-refractivity contribution is -0.124. The molecule has 0 bridgehead atoms. The van der Waals surface area contributed by atoms with Crippen LogP contribution >= 0.6 is 0 Å². The fraction of sp³-hybridized carbons (Fsp3) is 0.357. The maximum absolute atomic E-state index is 12.5. The number of nitrogens with two attached hydrogens (primary N) is 1. The smallest absolute Gasteiger partial charge is 0.255 e. The zero-order chi connectivity index (χ0) is 14.7. The number of likely N-dealkylation sites (tertiary alicyclic amines) is 1. The Kier molecular flexibility index (Phi) is 4.01. The third kappa shape index (κ3) is 2.49. The Bertz CT molecular complexity index is 579. The van der Waals surface area contributed by atoms with Crippen LogP contribution in [0.25, 0.3) is 0 Å². The molecule has 0 aromatic heterocycles. The molecule has 6 nitrogen and oxygen atoms in total. The van der Waals surface area contributed by atoms with Crippen molar-refractivity contribution in [2.75, 3.05) is 13.6 Å². The molecule has 1 aromatic rings. The van der Waals surface area contributed by atoms with Crippen molar-refractivity contribution in [3.63, 3.8) is 0 Å². The number of rotatable bonds is 2. The van der Waals surface area contributed by atoms with E-state index in [-0.39, 0.29) is 17.9 Å². The number of nitriles is 1. The zero-order valence-corrected chi connectivity index (χ0v) is 11.2. The molecule has 1 heterocycles. The molecule has 2 rings (SSSR count). The molecule has 0 saturated carbocycles. The van der Waals surface area contributed by atoms with E-state index in [4.69, 9.17) is 11.0 Å².